The van der Waals surface area contributed by atoms with Gasteiger partial charge in [0.1, 0.15) is 11.2 Å². The molecular weight excluding hydrogens is 831 g/mol. The van der Waals surface area contributed by atoms with Crippen molar-refractivity contribution in [2.75, 3.05) is 4.90 Å². The SMILES string of the molecule is c1ccc(C(c2ccccc2)c2c3ccccc3cc3oc4c5ccccc5c(N(c5ccccc5)c5ccc6c(c5)Sc5ccccc5C65c6ccccc6-c6ccccc65)cc4c23)cc1. The molecule has 67 heavy (non-hydrogen) atoms. The number of anilines is 3. The van der Waals surface area contributed by atoms with E-state index in [4.69, 9.17) is 4.42 Å². The Kier molecular flexibility index (Phi) is 8.53. The minimum Gasteiger partial charge on any atom is -0.455 e. The predicted octanol–water partition coefficient (Wildman–Crippen LogP) is 17.4. The molecule has 0 saturated heterocycles. The molecule has 1 aliphatic heterocycles. The fourth-order valence-electron chi connectivity index (χ4n) is 11.7. The van der Waals surface area contributed by atoms with Crippen molar-refractivity contribution >= 4 is 72.3 Å². The van der Waals surface area contributed by atoms with E-state index in [0.29, 0.717) is 0 Å². The summed E-state index contributed by atoms with van der Waals surface area (Å²) in [5.41, 5.74) is 16.3. The molecule has 11 aromatic carbocycles. The maximum absolute atomic E-state index is 7.18. The van der Waals surface area contributed by atoms with Crippen molar-refractivity contribution in [2.45, 2.75) is 21.1 Å². The quantitative estimate of drug-likeness (QED) is 0.155. The minimum absolute atomic E-state index is 0.0457. The van der Waals surface area contributed by atoms with Gasteiger partial charge in [-0.3, -0.25) is 0 Å². The third-order valence-electron chi connectivity index (χ3n) is 14.4. The second-order valence-corrected chi connectivity index (χ2v) is 18.9. The molecule has 0 atom stereocenters. The van der Waals surface area contributed by atoms with Crippen molar-refractivity contribution in [3.05, 3.63) is 282 Å². The zero-order chi connectivity index (χ0) is 44.1. The molecule has 3 heteroatoms. The molecule has 1 aliphatic carbocycles. The summed E-state index contributed by atoms with van der Waals surface area (Å²) in [6, 6.07) is 89.4. The van der Waals surface area contributed by atoms with Crippen LogP contribution in [0.15, 0.2) is 257 Å². The van der Waals surface area contributed by atoms with Crippen LogP contribution in [0.4, 0.5) is 17.1 Å². The minimum atomic E-state index is -0.449. The lowest BCUT2D eigenvalue weighted by Gasteiger charge is -2.40. The Morgan fingerprint density at radius 1 is 0.403 bits per heavy atom. The number of fused-ring (bicyclic) bond motifs is 15. The van der Waals surface area contributed by atoms with Crippen LogP contribution in [0.2, 0.25) is 0 Å². The van der Waals surface area contributed by atoms with Crippen LogP contribution in [0.1, 0.15) is 44.9 Å². The number of para-hydroxylation sites is 1. The summed E-state index contributed by atoms with van der Waals surface area (Å²) in [5.74, 6) is -0.0457. The topological polar surface area (TPSA) is 16.4 Å². The van der Waals surface area contributed by atoms with E-state index in [9.17, 15) is 0 Å². The van der Waals surface area contributed by atoms with Crippen LogP contribution < -0.4 is 4.90 Å². The maximum atomic E-state index is 7.18. The molecule has 2 aliphatic rings. The van der Waals surface area contributed by atoms with Crippen molar-refractivity contribution in [3.8, 4) is 11.1 Å². The van der Waals surface area contributed by atoms with Gasteiger partial charge in [-0.1, -0.05) is 212 Å². The zero-order valence-corrected chi connectivity index (χ0v) is 37.3. The van der Waals surface area contributed by atoms with E-state index in [-0.39, 0.29) is 5.92 Å². The van der Waals surface area contributed by atoms with Crippen LogP contribution >= 0.6 is 11.8 Å². The number of benzene rings is 11. The molecule has 1 aromatic heterocycles. The van der Waals surface area contributed by atoms with Crippen molar-refractivity contribution in [3.63, 3.8) is 0 Å². The highest BCUT2D eigenvalue weighted by Crippen LogP contribution is 2.63. The van der Waals surface area contributed by atoms with Gasteiger partial charge in [0.2, 0.25) is 0 Å². The predicted molar refractivity (Wildman–Crippen MR) is 279 cm³/mol. The highest BCUT2D eigenvalue weighted by Gasteiger charge is 2.50. The first kappa shape index (κ1) is 38.2. The molecule has 0 N–H and O–H groups in total. The molecule has 2 heterocycles. The van der Waals surface area contributed by atoms with E-state index < -0.39 is 5.41 Å². The van der Waals surface area contributed by atoms with Crippen LogP contribution in [0.3, 0.4) is 0 Å². The molecule has 0 saturated carbocycles. The zero-order valence-electron chi connectivity index (χ0n) is 36.4. The van der Waals surface area contributed by atoms with Gasteiger partial charge in [0.25, 0.3) is 0 Å². The number of nitrogens with zero attached hydrogens (tertiary/aromatic N) is 1. The summed E-state index contributed by atoms with van der Waals surface area (Å²) in [7, 11) is 0. The van der Waals surface area contributed by atoms with Gasteiger partial charge in [-0.25, -0.2) is 0 Å². The smallest absolute Gasteiger partial charge is 0.143 e. The van der Waals surface area contributed by atoms with E-state index in [1.807, 2.05) is 11.8 Å². The van der Waals surface area contributed by atoms with Gasteiger partial charge in [0, 0.05) is 48.6 Å². The Morgan fingerprint density at radius 2 is 0.955 bits per heavy atom. The van der Waals surface area contributed by atoms with Crippen LogP contribution in [0.25, 0.3) is 54.6 Å². The van der Waals surface area contributed by atoms with Crippen molar-refractivity contribution in [2.24, 2.45) is 0 Å². The fourth-order valence-corrected chi connectivity index (χ4v) is 13.0. The molecule has 314 valence electrons. The van der Waals surface area contributed by atoms with Gasteiger partial charge < -0.3 is 9.32 Å². The third-order valence-corrected chi connectivity index (χ3v) is 15.5. The fraction of sp³-hybridized carbons (Fsp3) is 0.0312. The molecule has 0 radical (unpaired) electrons. The summed E-state index contributed by atoms with van der Waals surface area (Å²) in [4.78, 5) is 5.01. The van der Waals surface area contributed by atoms with Gasteiger partial charge in [-0.15, -0.1) is 0 Å². The van der Waals surface area contributed by atoms with Crippen LogP contribution in [0, 0.1) is 0 Å². The Balaban J connectivity index is 1.06. The summed E-state index contributed by atoms with van der Waals surface area (Å²) < 4.78 is 7.18. The second kappa shape index (κ2) is 15.0. The Bertz CT molecular complexity index is 3830. The lowest BCUT2D eigenvalue weighted by molar-refractivity contribution is 0.673. The van der Waals surface area contributed by atoms with Gasteiger partial charge >= 0.3 is 0 Å². The normalized spacial score (nSPS) is 13.3. The Hall–Kier alpha value is -8.11. The molecule has 0 unspecified atom stereocenters. The Morgan fingerprint density at radius 3 is 1.66 bits per heavy atom. The lowest BCUT2D eigenvalue weighted by atomic mass is 9.67. The van der Waals surface area contributed by atoms with Crippen LogP contribution in [0.5, 0.6) is 0 Å². The highest BCUT2D eigenvalue weighted by molar-refractivity contribution is 7.99. The van der Waals surface area contributed by atoms with E-state index in [1.165, 1.54) is 65.2 Å². The van der Waals surface area contributed by atoms with E-state index in [2.05, 4.69) is 248 Å². The first-order valence-electron chi connectivity index (χ1n) is 23.1. The highest BCUT2D eigenvalue weighted by atomic mass is 32.2. The summed E-state index contributed by atoms with van der Waals surface area (Å²) in [5, 5.41) is 6.83. The molecule has 0 fully saturated rings. The molecule has 2 nitrogen and oxygen atoms in total. The summed E-state index contributed by atoms with van der Waals surface area (Å²) >= 11 is 1.88. The molecule has 14 rings (SSSR count). The van der Waals surface area contributed by atoms with E-state index in [1.54, 1.807) is 0 Å². The van der Waals surface area contributed by atoms with Crippen molar-refractivity contribution in [1.29, 1.82) is 0 Å². The molecule has 0 bridgehead atoms. The number of hydrogen-bond donors (Lipinski definition) is 0. The molecular formula is C64H41NOS. The first-order chi connectivity index (χ1) is 33.3. The maximum Gasteiger partial charge on any atom is 0.143 e. The first-order valence-corrected chi connectivity index (χ1v) is 23.9. The summed E-state index contributed by atoms with van der Waals surface area (Å²) in [6.07, 6.45) is 0. The second-order valence-electron chi connectivity index (χ2n) is 17.8. The van der Waals surface area contributed by atoms with Crippen molar-refractivity contribution < 1.29 is 4.42 Å². The van der Waals surface area contributed by atoms with E-state index in [0.717, 1.165) is 55.2 Å². The van der Waals surface area contributed by atoms with Gasteiger partial charge in [-0.2, -0.15) is 0 Å². The molecule has 1 spiro atoms. The van der Waals surface area contributed by atoms with Gasteiger partial charge in [0.05, 0.1) is 11.1 Å². The monoisotopic (exact) mass is 871 g/mol. The number of furan rings is 1. The molecule has 0 amide bonds. The van der Waals surface area contributed by atoms with E-state index >= 15 is 0 Å². The van der Waals surface area contributed by atoms with Crippen molar-refractivity contribution in [1.82, 2.24) is 0 Å². The summed E-state index contributed by atoms with van der Waals surface area (Å²) in [6.45, 7) is 0. The van der Waals surface area contributed by atoms with Crippen LogP contribution in [-0.2, 0) is 5.41 Å². The van der Waals surface area contributed by atoms with Gasteiger partial charge in [0.15, 0.2) is 0 Å². The standard InChI is InChI=1S/C64H41NOS/c1-4-20-41(21-5-1)60(42-22-6-2-7-23-42)62-46-27-11-10-24-43(46)38-57-61(62)51-40-56(49-30-12-13-31-50(49)63(51)66-57)65(44-25-8-3-9-26-44)45-36-37-55-59(39-45)67-58-35-19-18-34-54(58)64(55)52-32-16-14-28-47(52)48-29-15-17-33-53(48)64/h1-40,60H. The third kappa shape index (κ3) is 5.59. The average molecular weight is 872 g/mol. The number of hydrogen-bond acceptors (Lipinski definition) is 3. The molecule has 12 aromatic rings. The Labute approximate surface area is 393 Å². The lowest BCUT2D eigenvalue weighted by Crippen LogP contribution is -2.32. The van der Waals surface area contributed by atoms with Crippen LogP contribution in [-0.4, -0.2) is 0 Å². The van der Waals surface area contributed by atoms with Gasteiger partial charge in [-0.05, 0) is 103 Å². The largest absolute Gasteiger partial charge is 0.455 e. The average Bonchev–Trinajstić information content (AvgIpc) is 3.91. The number of rotatable bonds is 6.